The Bertz CT molecular complexity index is 1020. The molecule has 0 heterocycles. The number of halogens is 3. The SMILES string of the molecule is O=C(COC(=O)c1ccccc1C(F)(F)F)Nc1ccccc1-c1ccccc1. The van der Waals surface area contributed by atoms with E-state index in [-0.39, 0.29) is 0 Å². The highest BCUT2D eigenvalue weighted by atomic mass is 19.4. The van der Waals surface area contributed by atoms with Crippen molar-refractivity contribution in [2.45, 2.75) is 6.18 Å². The zero-order valence-corrected chi connectivity index (χ0v) is 15.1. The average molecular weight is 399 g/mol. The van der Waals surface area contributed by atoms with E-state index in [0.717, 1.165) is 23.3 Å². The van der Waals surface area contributed by atoms with Crippen LogP contribution in [0.4, 0.5) is 18.9 Å². The van der Waals surface area contributed by atoms with Crippen LogP contribution in [-0.4, -0.2) is 18.5 Å². The first-order chi connectivity index (χ1) is 13.9. The number of rotatable bonds is 5. The average Bonchev–Trinajstić information content (AvgIpc) is 2.72. The zero-order chi connectivity index (χ0) is 20.9. The number of nitrogens with one attached hydrogen (secondary N) is 1. The quantitative estimate of drug-likeness (QED) is 0.603. The molecule has 3 aromatic rings. The number of ether oxygens (including phenoxy) is 1. The molecule has 4 nitrogen and oxygen atoms in total. The minimum Gasteiger partial charge on any atom is -0.452 e. The summed E-state index contributed by atoms with van der Waals surface area (Å²) >= 11 is 0. The highest BCUT2D eigenvalue weighted by molar-refractivity contribution is 5.98. The van der Waals surface area contributed by atoms with Crippen LogP contribution in [0.3, 0.4) is 0 Å². The number of esters is 1. The fraction of sp³-hybridized carbons (Fsp3) is 0.0909. The predicted molar refractivity (Wildman–Crippen MR) is 102 cm³/mol. The van der Waals surface area contributed by atoms with Crippen LogP contribution in [0.25, 0.3) is 11.1 Å². The predicted octanol–water partition coefficient (Wildman–Crippen LogP) is 5.17. The van der Waals surface area contributed by atoms with Gasteiger partial charge in [0.15, 0.2) is 6.61 Å². The molecule has 29 heavy (non-hydrogen) atoms. The van der Waals surface area contributed by atoms with Gasteiger partial charge in [0.05, 0.1) is 11.1 Å². The van der Waals surface area contributed by atoms with E-state index in [1.807, 2.05) is 42.5 Å². The molecule has 3 aromatic carbocycles. The molecule has 148 valence electrons. The number of benzene rings is 3. The lowest BCUT2D eigenvalue weighted by molar-refractivity contribution is -0.138. The topological polar surface area (TPSA) is 55.4 Å². The normalized spacial score (nSPS) is 11.0. The van der Waals surface area contributed by atoms with Gasteiger partial charge in [0.25, 0.3) is 5.91 Å². The summed E-state index contributed by atoms with van der Waals surface area (Å²) in [5.41, 5.74) is 0.377. The largest absolute Gasteiger partial charge is 0.452 e. The van der Waals surface area contributed by atoms with Gasteiger partial charge in [-0.15, -0.1) is 0 Å². The van der Waals surface area contributed by atoms with Crippen molar-refractivity contribution in [3.05, 3.63) is 90.0 Å². The Balaban J connectivity index is 1.69. The molecule has 1 amide bonds. The first-order valence-electron chi connectivity index (χ1n) is 8.64. The molecule has 0 saturated heterocycles. The van der Waals surface area contributed by atoms with Crippen LogP contribution in [0, 0.1) is 0 Å². The van der Waals surface area contributed by atoms with E-state index in [1.54, 1.807) is 12.1 Å². The Morgan fingerprint density at radius 3 is 2.17 bits per heavy atom. The van der Waals surface area contributed by atoms with Crippen LogP contribution in [0.5, 0.6) is 0 Å². The third-order valence-corrected chi connectivity index (χ3v) is 4.07. The number of carbonyl (C=O) groups is 2. The maximum Gasteiger partial charge on any atom is 0.417 e. The minimum atomic E-state index is -4.70. The molecule has 0 fully saturated rings. The van der Waals surface area contributed by atoms with Crippen molar-refractivity contribution in [2.75, 3.05) is 11.9 Å². The van der Waals surface area contributed by atoms with Gasteiger partial charge in [-0.05, 0) is 23.8 Å². The Morgan fingerprint density at radius 2 is 1.45 bits per heavy atom. The molecule has 0 aromatic heterocycles. The van der Waals surface area contributed by atoms with Crippen LogP contribution in [0.2, 0.25) is 0 Å². The number of amides is 1. The summed E-state index contributed by atoms with van der Waals surface area (Å²) in [6, 6.07) is 20.6. The fourth-order valence-corrected chi connectivity index (χ4v) is 2.77. The molecule has 3 rings (SSSR count). The number of para-hydroxylation sites is 1. The van der Waals surface area contributed by atoms with Gasteiger partial charge in [0.1, 0.15) is 0 Å². The van der Waals surface area contributed by atoms with Gasteiger partial charge in [-0.1, -0.05) is 60.7 Å². The Morgan fingerprint density at radius 1 is 0.828 bits per heavy atom. The third kappa shape index (κ3) is 5.01. The van der Waals surface area contributed by atoms with Gasteiger partial charge in [-0.2, -0.15) is 13.2 Å². The molecule has 0 unspecified atom stereocenters. The van der Waals surface area contributed by atoms with Crippen molar-refractivity contribution >= 4 is 17.6 Å². The van der Waals surface area contributed by atoms with Gasteiger partial charge in [0, 0.05) is 11.3 Å². The highest BCUT2D eigenvalue weighted by Gasteiger charge is 2.35. The van der Waals surface area contributed by atoms with Crippen LogP contribution in [0.15, 0.2) is 78.9 Å². The number of carbonyl (C=O) groups excluding carboxylic acids is 2. The van der Waals surface area contributed by atoms with Gasteiger partial charge < -0.3 is 10.1 Å². The third-order valence-electron chi connectivity index (χ3n) is 4.07. The van der Waals surface area contributed by atoms with Crippen LogP contribution in [-0.2, 0) is 15.7 Å². The Hall–Kier alpha value is -3.61. The van der Waals surface area contributed by atoms with E-state index in [0.29, 0.717) is 5.69 Å². The van der Waals surface area contributed by atoms with Crippen LogP contribution in [0.1, 0.15) is 15.9 Å². The maximum atomic E-state index is 13.0. The maximum absolute atomic E-state index is 13.0. The Kier molecular flexibility index (Phi) is 5.97. The van der Waals surface area contributed by atoms with Crippen molar-refractivity contribution in [2.24, 2.45) is 0 Å². The van der Waals surface area contributed by atoms with Crippen molar-refractivity contribution < 1.29 is 27.5 Å². The number of anilines is 1. The smallest absolute Gasteiger partial charge is 0.417 e. The second-order valence-electron chi connectivity index (χ2n) is 6.08. The molecule has 0 spiro atoms. The van der Waals surface area contributed by atoms with Crippen LogP contribution < -0.4 is 5.32 Å². The molecule has 0 saturated carbocycles. The van der Waals surface area contributed by atoms with Gasteiger partial charge in [0.2, 0.25) is 0 Å². The minimum absolute atomic E-state index is 0.496. The summed E-state index contributed by atoms with van der Waals surface area (Å²) < 4.78 is 43.8. The van der Waals surface area contributed by atoms with Crippen molar-refractivity contribution in [3.63, 3.8) is 0 Å². The van der Waals surface area contributed by atoms with Crippen molar-refractivity contribution in [1.29, 1.82) is 0 Å². The van der Waals surface area contributed by atoms with E-state index >= 15 is 0 Å². The lowest BCUT2D eigenvalue weighted by Gasteiger charge is -2.13. The summed E-state index contributed by atoms with van der Waals surface area (Å²) in [6.07, 6.45) is -4.70. The van der Waals surface area contributed by atoms with E-state index in [9.17, 15) is 22.8 Å². The second kappa shape index (κ2) is 8.60. The fourth-order valence-electron chi connectivity index (χ4n) is 2.77. The molecular formula is C22H16F3NO3. The highest BCUT2D eigenvalue weighted by Crippen LogP contribution is 2.32. The molecule has 0 aliphatic heterocycles. The van der Waals surface area contributed by atoms with Gasteiger partial charge in [-0.25, -0.2) is 4.79 Å². The van der Waals surface area contributed by atoms with E-state index in [2.05, 4.69) is 5.32 Å². The molecule has 0 aliphatic rings. The molecule has 7 heteroatoms. The summed E-state index contributed by atoms with van der Waals surface area (Å²) in [5, 5.41) is 2.62. The lowest BCUT2D eigenvalue weighted by Crippen LogP contribution is -2.22. The van der Waals surface area contributed by atoms with Crippen molar-refractivity contribution in [1.82, 2.24) is 0 Å². The Labute approximate surface area is 164 Å². The summed E-state index contributed by atoms with van der Waals surface area (Å²) in [4.78, 5) is 24.3. The molecule has 0 radical (unpaired) electrons. The molecule has 0 aliphatic carbocycles. The van der Waals surface area contributed by atoms with E-state index < -0.39 is 35.8 Å². The summed E-state index contributed by atoms with van der Waals surface area (Å²) in [7, 11) is 0. The zero-order valence-electron chi connectivity index (χ0n) is 15.1. The monoisotopic (exact) mass is 399 g/mol. The molecule has 0 atom stereocenters. The molecular weight excluding hydrogens is 383 g/mol. The molecule has 1 N–H and O–H groups in total. The van der Waals surface area contributed by atoms with Crippen LogP contribution >= 0.6 is 0 Å². The summed E-state index contributed by atoms with van der Waals surface area (Å²) in [5.74, 6) is -1.88. The second-order valence-corrected chi connectivity index (χ2v) is 6.08. The van der Waals surface area contributed by atoms with Crippen molar-refractivity contribution in [3.8, 4) is 11.1 Å². The first kappa shape index (κ1) is 20.1. The number of hydrogen-bond donors (Lipinski definition) is 1. The first-order valence-corrected chi connectivity index (χ1v) is 8.64. The standard InChI is InChI=1S/C22H16F3NO3/c23-22(24,25)18-12-6-4-11-17(18)21(28)29-14-20(27)26-19-13-7-5-10-16(19)15-8-2-1-3-9-15/h1-13H,14H2,(H,26,27). The number of alkyl halides is 3. The van der Waals surface area contributed by atoms with Gasteiger partial charge >= 0.3 is 12.1 Å². The number of hydrogen-bond acceptors (Lipinski definition) is 3. The van der Waals surface area contributed by atoms with Gasteiger partial charge in [-0.3, -0.25) is 4.79 Å². The molecule has 0 bridgehead atoms. The van der Waals surface area contributed by atoms with E-state index in [1.165, 1.54) is 12.1 Å². The lowest BCUT2D eigenvalue weighted by atomic mass is 10.0. The summed E-state index contributed by atoms with van der Waals surface area (Å²) in [6.45, 7) is -0.714. The van der Waals surface area contributed by atoms with E-state index in [4.69, 9.17) is 4.74 Å².